The molecule has 1 aromatic carbocycles. The number of aromatic nitrogens is 1. The monoisotopic (exact) mass is 301 g/mol. The second kappa shape index (κ2) is 8.36. The predicted molar refractivity (Wildman–Crippen MR) is 86.6 cm³/mol. The summed E-state index contributed by atoms with van der Waals surface area (Å²) < 4.78 is 4.70. The smallest absolute Gasteiger partial charge is 0.354 e. The van der Waals surface area contributed by atoms with Crippen LogP contribution >= 0.6 is 0 Å². The number of methoxy groups -OCH3 is 1. The maximum Gasteiger partial charge on any atom is 0.354 e. The van der Waals surface area contributed by atoms with E-state index in [2.05, 4.69) is 34.1 Å². The van der Waals surface area contributed by atoms with Gasteiger partial charge in [-0.15, -0.1) is 0 Å². The van der Waals surface area contributed by atoms with E-state index in [0.717, 1.165) is 31.7 Å². The van der Waals surface area contributed by atoms with Crippen molar-refractivity contribution in [1.82, 2.24) is 9.88 Å². The van der Waals surface area contributed by atoms with Gasteiger partial charge < -0.3 is 15.5 Å². The molecule has 0 saturated carbocycles. The van der Waals surface area contributed by atoms with Gasteiger partial charge in [0.25, 0.3) is 0 Å². The first-order chi connectivity index (χ1) is 10.7. The van der Waals surface area contributed by atoms with Crippen molar-refractivity contribution in [3.05, 3.63) is 59.4 Å². The van der Waals surface area contributed by atoms with Crippen LogP contribution in [-0.2, 0) is 17.7 Å². The summed E-state index contributed by atoms with van der Waals surface area (Å²) in [6, 6.07) is 14.0. The summed E-state index contributed by atoms with van der Waals surface area (Å²) in [7, 11) is 1.38. The lowest BCUT2D eigenvalue weighted by Crippen LogP contribution is -2.31. The molecule has 0 bridgehead atoms. The fourth-order valence-corrected chi connectivity index (χ4v) is 2.39. The normalized spacial score (nSPS) is 10.9. The molecule has 0 atom stereocenters. The zero-order valence-corrected chi connectivity index (χ0v) is 12.9. The quantitative estimate of drug-likeness (QED) is 0.729. The van der Waals surface area contributed by atoms with Gasteiger partial charge in [-0.05, 0) is 24.1 Å². The first-order valence-electron chi connectivity index (χ1n) is 7.45. The number of hydrogen-bond donors (Lipinski definition) is 2. The predicted octanol–water partition coefficient (Wildman–Crippen LogP) is 1.80. The molecule has 2 rings (SSSR count). The second-order valence-electron chi connectivity index (χ2n) is 5.19. The third-order valence-electron chi connectivity index (χ3n) is 3.55. The molecule has 5 nitrogen and oxygen atoms in total. The summed E-state index contributed by atoms with van der Waals surface area (Å²) in [5, 5.41) is 0. The maximum atomic E-state index is 11.5. The summed E-state index contributed by atoms with van der Waals surface area (Å²) in [5.74, 6) is -0.346. The summed E-state index contributed by atoms with van der Waals surface area (Å²) in [5.41, 5.74) is 8.48. The lowest BCUT2D eigenvalue weighted by atomic mass is 10.1. The minimum Gasteiger partial charge on any atom is -0.464 e. The number of rotatable bonds is 8. The summed E-state index contributed by atoms with van der Waals surface area (Å²) >= 11 is 0. The Morgan fingerprint density at radius 2 is 1.95 bits per heavy atom. The molecule has 0 amide bonds. The molecule has 0 aliphatic rings. The highest BCUT2D eigenvalue weighted by atomic mass is 16.5. The highest BCUT2D eigenvalue weighted by Crippen LogP contribution is 2.08. The number of nitrogens with zero attached hydrogens (tertiary/aromatic N) is 1. The van der Waals surface area contributed by atoms with Gasteiger partial charge in [-0.3, -0.25) is 4.90 Å². The van der Waals surface area contributed by atoms with E-state index < -0.39 is 0 Å². The molecule has 118 valence electrons. The van der Waals surface area contributed by atoms with E-state index in [1.165, 1.54) is 12.7 Å². The van der Waals surface area contributed by atoms with Crippen LogP contribution < -0.4 is 5.73 Å². The fraction of sp³-hybridized carbons (Fsp3) is 0.353. The Labute approximate surface area is 131 Å². The van der Waals surface area contributed by atoms with Crippen LogP contribution in [0.25, 0.3) is 0 Å². The number of nitrogens with one attached hydrogen (secondary N) is 1. The van der Waals surface area contributed by atoms with Crippen LogP contribution in [0.2, 0.25) is 0 Å². The third kappa shape index (κ3) is 4.72. The van der Waals surface area contributed by atoms with E-state index in [9.17, 15) is 4.79 Å². The average Bonchev–Trinajstić information content (AvgIpc) is 3.01. The standard InChI is InChI=1S/C17H23N3O2/c1-22-17(21)16-8-7-15(19-16)13-20(12-10-18)11-9-14-5-3-2-4-6-14/h2-8,19H,9-13,18H2,1H3. The molecule has 22 heavy (non-hydrogen) atoms. The number of benzene rings is 1. The molecular weight excluding hydrogens is 278 g/mol. The third-order valence-corrected chi connectivity index (χ3v) is 3.55. The van der Waals surface area contributed by atoms with Crippen molar-refractivity contribution in [3.8, 4) is 0 Å². The van der Waals surface area contributed by atoms with E-state index in [-0.39, 0.29) is 5.97 Å². The molecule has 1 aromatic heterocycles. The molecule has 0 radical (unpaired) electrons. The van der Waals surface area contributed by atoms with Gasteiger partial charge in [-0.2, -0.15) is 0 Å². The van der Waals surface area contributed by atoms with Crippen LogP contribution in [0.5, 0.6) is 0 Å². The molecule has 3 N–H and O–H groups in total. The summed E-state index contributed by atoms with van der Waals surface area (Å²) in [6.07, 6.45) is 0.978. The zero-order valence-electron chi connectivity index (χ0n) is 12.9. The summed E-state index contributed by atoms with van der Waals surface area (Å²) in [4.78, 5) is 16.8. The minimum absolute atomic E-state index is 0.346. The number of carbonyl (C=O) groups excluding carboxylic acids is 1. The van der Waals surface area contributed by atoms with Gasteiger partial charge >= 0.3 is 5.97 Å². The molecule has 1 heterocycles. The lowest BCUT2D eigenvalue weighted by molar-refractivity contribution is 0.0594. The number of nitrogens with two attached hydrogens (primary N) is 1. The lowest BCUT2D eigenvalue weighted by Gasteiger charge is -2.21. The topological polar surface area (TPSA) is 71.3 Å². The molecule has 0 fully saturated rings. The van der Waals surface area contributed by atoms with Crippen molar-refractivity contribution >= 4 is 5.97 Å². The van der Waals surface area contributed by atoms with Gasteiger partial charge in [0.15, 0.2) is 0 Å². The van der Waals surface area contributed by atoms with E-state index in [1.807, 2.05) is 12.1 Å². The van der Waals surface area contributed by atoms with Gasteiger partial charge in [0.05, 0.1) is 7.11 Å². The van der Waals surface area contributed by atoms with Crippen molar-refractivity contribution in [2.24, 2.45) is 5.73 Å². The molecule has 0 saturated heterocycles. The highest BCUT2D eigenvalue weighted by Gasteiger charge is 2.11. The Hall–Kier alpha value is -2.11. The van der Waals surface area contributed by atoms with Crippen LogP contribution in [0.3, 0.4) is 0 Å². The molecular formula is C17H23N3O2. The maximum absolute atomic E-state index is 11.5. The number of hydrogen-bond acceptors (Lipinski definition) is 4. The van der Waals surface area contributed by atoms with Crippen LogP contribution in [-0.4, -0.2) is 42.6 Å². The van der Waals surface area contributed by atoms with E-state index in [1.54, 1.807) is 6.07 Å². The molecule has 0 unspecified atom stereocenters. The van der Waals surface area contributed by atoms with Gasteiger partial charge in [0.1, 0.15) is 5.69 Å². The average molecular weight is 301 g/mol. The summed E-state index contributed by atoms with van der Waals surface area (Å²) in [6.45, 7) is 3.09. The fourth-order valence-electron chi connectivity index (χ4n) is 2.39. The Kier molecular flexibility index (Phi) is 6.18. The van der Waals surface area contributed by atoms with Crippen molar-refractivity contribution in [1.29, 1.82) is 0 Å². The van der Waals surface area contributed by atoms with Crippen LogP contribution in [0.4, 0.5) is 0 Å². The van der Waals surface area contributed by atoms with Crippen molar-refractivity contribution in [2.75, 3.05) is 26.7 Å². The van der Waals surface area contributed by atoms with Crippen LogP contribution in [0.15, 0.2) is 42.5 Å². The molecule has 5 heteroatoms. The number of aromatic amines is 1. The highest BCUT2D eigenvalue weighted by molar-refractivity contribution is 5.87. The van der Waals surface area contributed by atoms with Gasteiger partial charge in [-0.1, -0.05) is 30.3 Å². The first-order valence-corrected chi connectivity index (χ1v) is 7.45. The van der Waals surface area contributed by atoms with Crippen LogP contribution in [0, 0.1) is 0 Å². The Balaban J connectivity index is 1.93. The molecule has 0 spiro atoms. The molecule has 0 aliphatic carbocycles. The molecule has 2 aromatic rings. The number of ether oxygens (including phenoxy) is 1. The van der Waals surface area contributed by atoms with E-state index >= 15 is 0 Å². The zero-order chi connectivity index (χ0) is 15.8. The van der Waals surface area contributed by atoms with Crippen molar-refractivity contribution < 1.29 is 9.53 Å². The minimum atomic E-state index is -0.346. The Morgan fingerprint density at radius 3 is 2.64 bits per heavy atom. The Morgan fingerprint density at radius 1 is 1.18 bits per heavy atom. The number of H-pyrrole nitrogens is 1. The van der Waals surface area contributed by atoms with Gasteiger partial charge in [0, 0.05) is 31.9 Å². The van der Waals surface area contributed by atoms with Gasteiger partial charge in [0.2, 0.25) is 0 Å². The van der Waals surface area contributed by atoms with Crippen LogP contribution in [0.1, 0.15) is 21.7 Å². The van der Waals surface area contributed by atoms with Crippen molar-refractivity contribution in [2.45, 2.75) is 13.0 Å². The number of carbonyl (C=O) groups is 1. The van der Waals surface area contributed by atoms with Gasteiger partial charge in [-0.25, -0.2) is 4.79 Å². The number of esters is 1. The first kappa shape index (κ1) is 16.3. The SMILES string of the molecule is COC(=O)c1ccc(CN(CCN)CCc2ccccc2)[nH]1. The van der Waals surface area contributed by atoms with E-state index in [4.69, 9.17) is 10.5 Å². The largest absolute Gasteiger partial charge is 0.464 e. The molecule has 0 aliphatic heterocycles. The van der Waals surface area contributed by atoms with Crippen molar-refractivity contribution in [3.63, 3.8) is 0 Å². The van der Waals surface area contributed by atoms with E-state index in [0.29, 0.717) is 12.2 Å². The second-order valence-corrected chi connectivity index (χ2v) is 5.19. The Bertz CT molecular complexity index is 581.